The van der Waals surface area contributed by atoms with Gasteiger partial charge in [0.15, 0.2) is 11.6 Å². The average molecular weight is 514 g/mol. The van der Waals surface area contributed by atoms with E-state index in [4.69, 9.17) is 14.3 Å². The van der Waals surface area contributed by atoms with E-state index >= 15 is 0 Å². The molecule has 37 heavy (non-hydrogen) atoms. The molecule has 0 radical (unpaired) electrons. The molecule has 2 heterocycles. The van der Waals surface area contributed by atoms with Gasteiger partial charge in [0, 0.05) is 5.56 Å². The Morgan fingerprint density at radius 3 is 2.43 bits per heavy atom. The summed E-state index contributed by atoms with van der Waals surface area (Å²) in [6.45, 7) is 7.70. The third kappa shape index (κ3) is 5.90. The van der Waals surface area contributed by atoms with E-state index in [1.165, 1.54) is 9.75 Å². The van der Waals surface area contributed by atoms with Gasteiger partial charge in [-0.05, 0) is 83.0 Å². The first-order chi connectivity index (χ1) is 17.6. The van der Waals surface area contributed by atoms with Crippen molar-refractivity contribution in [1.82, 2.24) is 9.78 Å². The van der Waals surface area contributed by atoms with Crippen molar-refractivity contribution in [2.24, 2.45) is 0 Å². The molecule has 2 aromatic carbocycles. The van der Waals surface area contributed by atoms with Crippen LogP contribution >= 0.6 is 0 Å². The highest BCUT2D eigenvalue weighted by Gasteiger charge is 2.32. The molecular formula is C27H29F2N3O5. The van der Waals surface area contributed by atoms with Gasteiger partial charge < -0.3 is 14.3 Å². The lowest BCUT2D eigenvalue weighted by atomic mass is 10.1. The number of ether oxygens (including phenoxy) is 2. The highest BCUT2D eigenvalue weighted by Crippen LogP contribution is 2.37. The van der Waals surface area contributed by atoms with E-state index in [2.05, 4.69) is 5.10 Å². The minimum Gasteiger partial charge on any atom is -0.462 e. The van der Waals surface area contributed by atoms with Crippen molar-refractivity contribution in [2.45, 2.75) is 52.6 Å². The quantitative estimate of drug-likeness (QED) is 0.376. The molecule has 0 spiro atoms. The van der Waals surface area contributed by atoms with Crippen LogP contribution in [0.3, 0.4) is 0 Å². The van der Waals surface area contributed by atoms with E-state index in [1.807, 2.05) is 0 Å². The van der Waals surface area contributed by atoms with Gasteiger partial charge in [-0.2, -0.15) is 10.2 Å². The van der Waals surface area contributed by atoms with Crippen LogP contribution in [-0.4, -0.2) is 40.5 Å². The molecule has 4 rings (SSSR count). The van der Waals surface area contributed by atoms with Gasteiger partial charge >= 0.3 is 11.9 Å². The predicted molar refractivity (Wildman–Crippen MR) is 132 cm³/mol. The molecule has 10 heteroatoms. The number of hydrogen-bond acceptors (Lipinski definition) is 7. The minimum atomic E-state index is -2.78. The van der Waals surface area contributed by atoms with Crippen LogP contribution in [0.2, 0.25) is 0 Å². The number of esters is 2. The molecule has 1 aliphatic heterocycles. The van der Waals surface area contributed by atoms with Crippen LogP contribution in [0.15, 0.2) is 48.5 Å². The normalized spacial score (nSPS) is 13.3. The fraction of sp³-hybridized carbons (Fsp3) is 0.370. The Morgan fingerprint density at radius 2 is 1.78 bits per heavy atom. The zero-order valence-electron chi connectivity index (χ0n) is 21.2. The van der Waals surface area contributed by atoms with Crippen LogP contribution in [0.5, 0.6) is 5.75 Å². The van der Waals surface area contributed by atoms with Crippen LogP contribution in [0.25, 0.3) is 5.69 Å². The molecular weight excluding hydrogens is 484 g/mol. The molecule has 0 atom stereocenters. The molecule has 0 amide bonds. The summed E-state index contributed by atoms with van der Waals surface area (Å²) >= 11 is 0. The Morgan fingerprint density at radius 1 is 1.05 bits per heavy atom. The molecule has 0 fully saturated rings. The first-order valence-corrected chi connectivity index (χ1v) is 12.0. The van der Waals surface area contributed by atoms with Gasteiger partial charge in [0.25, 0.3) is 6.43 Å². The molecule has 0 aliphatic carbocycles. The lowest BCUT2D eigenvalue weighted by Gasteiger charge is -2.29. The molecule has 0 saturated carbocycles. The van der Waals surface area contributed by atoms with Gasteiger partial charge in [0.2, 0.25) is 0 Å². The van der Waals surface area contributed by atoms with E-state index < -0.39 is 24.0 Å². The largest absolute Gasteiger partial charge is 0.462 e. The second-order valence-electron chi connectivity index (χ2n) is 9.49. The Labute approximate surface area is 213 Å². The maximum atomic E-state index is 13.9. The summed E-state index contributed by atoms with van der Waals surface area (Å²) in [5, 5.41) is 5.71. The summed E-state index contributed by atoms with van der Waals surface area (Å²) in [6, 6.07) is 12.8. The molecule has 1 aromatic heterocycles. The van der Waals surface area contributed by atoms with Crippen molar-refractivity contribution < 1.29 is 32.7 Å². The second-order valence-corrected chi connectivity index (χ2v) is 9.49. The Hall–Kier alpha value is -3.95. The SMILES string of the molecule is CCOC(=O)c1cccc(-n2nc(C(F)F)c3c2N(Oc2ccc(C(=O)OC(C)(C)C)cc2)CCC3)c1. The van der Waals surface area contributed by atoms with Crippen molar-refractivity contribution in [1.29, 1.82) is 0 Å². The fourth-order valence-electron chi connectivity index (χ4n) is 4.00. The number of hydrogen-bond donors (Lipinski definition) is 0. The average Bonchev–Trinajstić information content (AvgIpc) is 3.25. The van der Waals surface area contributed by atoms with E-state index in [0.29, 0.717) is 47.8 Å². The molecule has 0 saturated heterocycles. The maximum Gasteiger partial charge on any atom is 0.338 e. The summed E-state index contributed by atoms with van der Waals surface area (Å²) in [5.74, 6) is -0.205. The van der Waals surface area contributed by atoms with E-state index in [1.54, 1.807) is 76.2 Å². The van der Waals surface area contributed by atoms with Gasteiger partial charge in [-0.3, -0.25) is 0 Å². The summed E-state index contributed by atoms with van der Waals surface area (Å²) in [7, 11) is 0. The Kier molecular flexibility index (Phi) is 7.47. The summed E-state index contributed by atoms with van der Waals surface area (Å²) in [5.41, 5.74) is 0.496. The number of fused-ring (bicyclic) bond motifs is 1. The molecule has 0 bridgehead atoms. The van der Waals surface area contributed by atoms with E-state index in [9.17, 15) is 18.4 Å². The van der Waals surface area contributed by atoms with Gasteiger partial charge in [0.05, 0.1) is 30.0 Å². The Bertz CT molecular complexity index is 1280. The van der Waals surface area contributed by atoms with Crippen LogP contribution in [-0.2, 0) is 15.9 Å². The number of halogens is 2. The summed E-state index contributed by atoms with van der Waals surface area (Å²) in [6.07, 6.45) is -1.79. The molecule has 3 aromatic rings. The highest BCUT2D eigenvalue weighted by molar-refractivity contribution is 5.90. The number of carbonyl (C=O) groups is 2. The van der Waals surface area contributed by atoms with Crippen molar-refractivity contribution in [2.75, 3.05) is 18.2 Å². The lowest BCUT2D eigenvalue weighted by molar-refractivity contribution is 0.00692. The first-order valence-electron chi connectivity index (χ1n) is 12.0. The number of anilines is 1. The zero-order chi connectivity index (χ0) is 26.7. The maximum absolute atomic E-state index is 13.9. The smallest absolute Gasteiger partial charge is 0.338 e. The van der Waals surface area contributed by atoms with Gasteiger partial charge in [-0.15, -0.1) is 0 Å². The van der Waals surface area contributed by atoms with Gasteiger partial charge in [0.1, 0.15) is 11.3 Å². The predicted octanol–water partition coefficient (Wildman–Crippen LogP) is 5.69. The number of alkyl halides is 2. The molecule has 8 nitrogen and oxygen atoms in total. The molecule has 1 aliphatic rings. The fourth-order valence-corrected chi connectivity index (χ4v) is 4.00. The summed E-state index contributed by atoms with van der Waals surface area (Å²) < 4.78 is 39.7. The number of rotatable bonds is 7. The van der Waals surface area contributed by atoms with E-state index in [0.717, 1.165) is 0 Å². The van der Waals surface area contributed by atoms with Crippen molar-refractivity contribution >= 4 is 17.8 Å². The number of hydroxylamine groups is 1. The topological polar surface area (TPSA) is 82.9 Å². The standard InChI is InChI=1S/C27H29F2N3O5/c1-5-35-25(33)18-8-6-9-19(16-18)32-24-21(22(30-32)23(28)29)10-7-15-31(24)37-20-13-11-17(12-14-20)26(34)36-27(2,3)4/h6,8-9,11-14,16,23H,5,7,10,15H2,1-4H3. The van der Waals surface area contributed by atoms with Crippen molar-refractivity contribution in [3.8, 4) is 11.4 Å². The van der Waals surface area contributed by atoms with Crippen LogP contribution in [0.4, 0.5) is 14.6 Å². The highest BCUT2D eigenvalue weighted by atomic mass is 19.3. The van der Waals surface area contributed by atoms with Crippen molar-refractivity contribution in [3.05, 3.63) is 70.9 Å². The van der Waals surface area contributed by atoms with Crippen LogP contribution < -0.4 is 9.90 Å². The third-order valence-corrected chi connectivity index (χ3v) is 5.52. The molecule has 0 unspecified atom stereocenters. The number of carbonyl (C=O) groups excluding carboxylic acids is 2. The monoisotopic (exact) mass is 513 g/mol. The first kappa shape index (κ1) is 26.1. The zero-order valence-corrected chi connectivity index (χ0v) is 21.2. The van der Waals surface area contributed by atoms with Gasteiger partial charge in [-0.1, -0.05) is 6.07 Å². The van der Waals surface area contributed by atoms with Crippen LogP contribution in [0, 0.1) is 0 Å². The minimum absolute atomic E-state index is 0.212. The van der Waals surface area contributed by atoms with Gasteiger partial charge in [-0.25, -0.2) is 23.1 Å². The summed E-state index contributed by atoms with van der Waals surface area (Å²) in [4.78, 5) is 30.6. The third-order valence-electron chi connectivity index (χ3n) is 5.52. The second kappa shape index (κ2) is 10.6. The number of aromatic nitrogens is 2. The van der Waals surface area contributed by atoms with Crippen molar-refractivity contribution in [3.63, 3.8) is 0 Å². The lowest BCUT2D eigenvalue weighted by Crippen LogP contribution is -2.34. The number of nitrogens with zero attached hydrogens (tertiary/aromatic N) is 3. The van der Waals surface area contributed by atoms with Crippen LogP contribution in [0.1, 0.15) is 72.5 Å². The molecule has 0 N–H and O–H groups in total. The van der Waals surface area contributed by atoms with E-state index in [-0.39, 0.29) is 17.9 Å². The number of benzene rings is 2. The Balaban J connectivity index is 1.67. The molecule has 196 valence electrons.